The van der Waals surface area contributed by atoms with Crippen LogP contribution in [0.25, 0.3) is 0 Å². The monoisotopic (exact) mass is 346 g/mol. The highest BCUT2D eigenvalue weighted by molar-refractivity contribution is 7.89. The Bertz CT molecular complexity index is 906. The van der Waals surface area contributed by atoms with Gasteiger partial charge in [-0.05, 0) is 36.4 Å². The summed E-state index contributed by atoms with van der Waals surface area (Å²) in [6.07, 6.45) is 0. The quantitative estimate of drug-likeness (QED) is 0.849. The highest BCUT2D eigenvalue weighted by Gasteiger charge is 2.30. The molecule has 0 radical (unpaired) electrons. The van der Waals surface area contributed by atoms with E-state index in [0.717, 1.165) is 0 Å². The maximum Gasteiger partial charge on any atom is 0.251 e. The first-order valence-electron chi connectivity index (χ1n) is 7.06. The maximum absolute atomic E-state index is 12.4. The zero-order valence-corrected chi connectivity index (χ0v) is 13.2. The molecule has 0 bridgehead atoms. The molecule has 1 atom stereocenters. The number of amides is 1. The molecule has 2 aromatic rings. The molecule has 0 aromatic heterocycles. The Labute approximate surface area is 138 Å². The van der Waals surface area contributed by atoms with Crippen molar-refractivity contribution in [2.45, 2.75) is 10.9 Å². The molecule has 0 aliphatic carbocycles. The van der Waals surface area contributed by atoms with Gasteiger partial charge in [0.1, 0.15) is 18.4 Å². The predicted molar refractivity (Wildman–Crippen MR) is 85.3 cm³/mol. The fourth-order valence-corrected chi connectivity index (χ4v) is 2.89. The number of ether oxygens (including phenoxy) is 1. The molecule has 124 valence electrons. The first kappa shape index (κ1) is 16.2. The van der Waals surface area contributed by atoms with Gasteiger partial charge in [0.15, 0.2) is 5.78 Å². The third-order valence-electron chi connectivity index (χ3n) is 3.62. The van der Waals surface area contributed by atoms with Gasteiger partial charge in [0.25, 0.3) is 5.91 Å². The van der Waals surface area contributed by atoms with Crippen LogP contribution in [0.2, 0.25) is 0 Å². The Morgan fingerprint density at radius 3 is 2.46 bits per heavy atom. The average Bonchev–Trinajstić information content (AvgIpc) is 2.57. The van der Waals surface area contributed by atoms with Crippen LogP contribution in [-0.2, 0) is 10.0 Å². The molecule has 3 N–H and O–H groups in total. The van der Waals surface area contributed by atoms with Crippen LogP contribution in [0, 0.1) is 0 Å². The maximum atomic E-state index is 12.4. The molecule has 0 fully saturated rings. The molecular weight excluding hydrogens is 332 g/mol. The lowest BCUT2D eigenvalue weighted by Gasteiger charge is -2.24. The topological polar surface area (TPSA) is 116 Å². The Morgan fingerprint density at radius 2 is 1.79 bits per heavy atom. The number of sulfonamides is 1. The Balaban J connectivity index is 1.75. The number of carbonyl (C=O) groups excluding carboxylic acids is 2. The zero-order valence-electron chi connectivity index (χ0n) is 12.4. The number of rotatable bonds is 3. The molecule has 8 heteroatoms. The molecular formula is C16H14N2O5S. The van der Waals surface area contributed by atoms with Gasteiger partial charge in [0.2, 0.25) is 10.0 Å². The Morgan fingerprint density at radius 1 is 1.12 bits per heavy atom. The van der Waals surface area contributed by atoms with E-state index in [1.165, 1.54) is 24.3 Å². The number of hydrogen-bond acceptors (Lipinski definition) is 5. The second-order valence-electron chi connectivity index (χ2n) is 5.27. The summed E-state index contributed by atoms with van der Waals surface area (Å²) < 4.78 is 27.9. The second kappa shape index (κ2) is 6.06. The fraction of sp³-hybridized carbons (Fsp3) is 0.125. The third-order valence-corrected chi connectivity index (χ3v) is 4.55. The summed E-state index contributed by atoms with van der Waals surface area (Å²) in [4.78, 5) is 24.5. The van der Waals surface area contributed by atoms with Gasteiger partial charge in [-0.2, -0.15) is 0 Å². The normalized spacial score (nSPS) is 16.9. The molecule has 1 aliphatic rings. The lowest BCUT2D eigenvalue weighted by atomic mass is 10.0. The summed E-state index contributed by atoms with van der Waals surface area (Å²) in [6, 6.07) is 11.1. The van der Waals surface area contributed by atoms with Crippen LogP contribution in [0.4, 0.5) is 0 Å². The van der Waals surface area contributed by atoms with E-state index >= 15 is 0 Å². The number of carbonyl (C=O) groups is 2. The summed E-state index contributed by atoms with van der Waals surface area (Å²) in [5.74, 6) is -0.242. The van der Waals surface area contributed by atoms with Crippen molar-refractivity contribution in [1.29, 1.82) is 0 Å². The number of benzene rings is 2. The van der Waals surface area contributed by atoms with Crippen LogP contribution >= 0.6 is 0 Å². The van der Waals surface area contributed by atoms with Gasteiger partial charge in [0, 0.05) is 5.56 Å². The lowest BCUT2D eigenvalue weighted by molar-refractivity contribution is 0.0795. The molecule has 24 heavy (non-hydrogen) atoms. The number of fused-ring (bicyclic) bond motifs is 1. The number of nitrogens with two attached hydrogens (primary N) is 1. The molecule has 3 rings (SSSR count). The minimum atomic E-state index is -3.82. The van der Waals surface area contributed by atoms with Gasteiger partial charge >= 0.3 is 0 Å². The van der Waals surface area contributed by atoms with E-state index < -0.39 is 22.0 Å². The molecule has 0 spiro atoms. The molecule has 0 saturated heterocycles. The molecule has 1 unspecified atom stereocenters. The van der Waals surface area contributed by atoms with Crippen molar-refractivity contribution in [1.82, 2.24) is 5.32 Å². The SMILES string of the molecule is NS(=O)(=O)c1ccc(C(=O)NC2COc3ccccc3C2=O)cc1. The summed E-state index contributed by atoms with van der Waals surface area (Å²) in [5, 5.41) is 7.60. The summed E-state index contributed by atoms with van der Waals surface area (Å²) in [6.45, 7) is 0.0385. The van der Waals surface area contributed by atoms with E-state index in [0.29, 0.717) is 11.3 Å². The van der Waals surface area contributed by atoms with Gasteiger partial charge in [-0.15, -0.1) is 0 Å². The summed E-state index contributed by atoms with van der Waals surface area (Å²) in [7, 11) is -3.82. The van der Waals surface area contributed by atoms with Crippen molar-refractivity contribution < 1.29 is 22.7 Å². The highest BCUT2D eigenvalue weighted by Crippen LogP contribution is 2.24. The van der Waals surface area contributed by atoms with Gasteiger partial charge in [-0.3, -0.25) is 9.59 Å². The van der Waals surface area contributed by atoms with E-state index in [2.05, 4.69) is 5.32 Å². The molecule has 1 aliphatic heterocycles. The predicted octanol–water partition coefficient (Wildman–Crippen LogP) is 0.708. The van der Waals surface area contributed by atoms with Crippen LogP contribution < -0.4 is 15.2 Å². The van der Waals surface area contributed by atoms with Crippen LogP contribution in [0.3, 0.4) is 0 Å². The average molecular weight is 346 g/mol. The standard InChI is InChI=1S/C16H14N2O5S/c17-24(21,22)11-7-5-10(6-8-11)16(20)18-13-9-23-14-4-2-1-3-12(14)15(13)19/h1-8,13H,9H2,(H,18,20)(H2,17,21,22). The zero-order chi connectivity index (χ0) is 17.3. The van der Waals surface area contributed by atoms with Crippen molar-refractivity contribution in [2.75, 3.05) is 6.61 Å². The smallest absolute Gasteiger partial charge is 0.251 e. The van der Waals surface area contributed by atoms with Crippen molar-refractivity contribution in [3.05, 3.63) is 59.7 Å². The number of para-hydroxylation sites is 1. The Kier molecular flexibility index (Phi) is 4.08. The fourth-order valence-electron chi connectivity index (χ4n) is 2.38. The largest absolute Gasteiger partial charge is 0.490 e. The van der Waals surface area contributed by atoms with Gasteiger partial charge in [0.05, 0.1) is 10.5 Å². The lowest BCUT2D eigenvalue weighted by Crippen LogP contribution is -2.47. The number of ketones is 1. The van der Waals surface area contributed by atoms with Crippen molar-refractivity contribution >= 4 is 21.7 Å². The van der Waals surface area contributed by atoms with Gasteiger partial charge in [-0.25, -0.2) is 13.6 Å². The van der Waals surface area contributed by atoms with E-state index in [1.807, 2.05) is 0 Å². The number of Topliss-reactive ketones (excluding diaryl/α,β-unsaturated/α-hetero) is 1. The minimum absolute atomic E-state index is 0.0385. The van der Waals surface area contributed by atoms with E-state index in [1.54, 1.807) is 24.3 Å². The third kappa shape index (κ3) is 3.15. The minimum Gasteiger partial charge on any atom is -0.490 e. The van der Waals surface area contributed by atoms with Crippen LogP contribution in [0.1, 0.15) is 20.7 Å². The summed E-state index contributed by atoms with van der Waals surface area (Å²) in [5.41, 5.74) is 0.632. The Hall–Kier alpha value is -2.71. The summed E-state index contributed by atoms with van der Waals surface area (Å²) >= 11 is 0. The van der Waals surface area contributed by atoms with Crippen LogP contribution in [0.15, 0.2) is 53.4 Å². The van der Waals surface area contributed by atoms with Gasteiger partial charge < -0.3 is 10.1 Å². The van der Waals surface area contributed by atoms with E-state index in [-0.39, 0.29) is 22.8 Å². The molecule has 7 nitrogen and oxygen atoms in total. The van der Waals surface area contributed by atoms with Crippen molar-refractivity contribution in [2.24, 2.45) is 5.14 Å². The first-order valence-corrected chi connectivity index (χ1v) is 8.60. The van der Waals surface area contributed by atoms with Gasteiger partial charge in [-0.1, -0.05) is 12.1 Å². The molecule has 2 aromatic carbocycles. The number of nitrogens with one attached hydrogen (secondary N) is 1. The highest BCUT2D eigenvalue weighted by atomic mass is 32.2. The van der Waals surface area contributed by atoms with Crippen molar-refractivity contribution in [3.8, 4) is 5.75 Å². The number of hydrogen-bond donors (Lipinski definition) is 2. The first-order chi connectivity index (χ1) is 11.4. The molecule has 1 amide bonds. The number of primary sulfonamides is 1. The second-order valence-corrected chi connectivity index (χ2v) is 6.83. The molecule has 1 heterocycles. The van der Waals surface area contributed by atoms with Crippen LogP contribution in [0.5, 0.6) is 5.75 Å². The van der Waals surface area contributed by atoms with E-state index in [4.69, 9.17) is 9.88 Å². The van der Waals surface area contributed by atoms with E-state index in [9.17, 15) is 18.0 Å². The van der Waals surface area contributed by atoms with Crippen LogP contribution in [-0.4, -0.2) is 32.8 Å². The molecule has 0 saturated carbocycles. The van der Waals surface area contributed by atoms with Crippen molar-refractivity contribution in [3.63, 3.8) is 0 Å².